The van der Waals surface area contributed by atoms with E-state index in [1.807, 2.05) is 12.1 Å². The topological polar surface area (TPSA) is 47.9 Å². The molecule has 0 aromatic heterocycles. The number of hydrogen-bond donors (Lipinski definition) is 1. The molecule has 1 fully saturated rings. The maximum atomic E-state index is 10.1. The van der Waals surface area contributed by atoms with Crippen LogP contribution in [0.25, 0.3) is 0 Å². The maximum absolute atomic E-state index is 10.1. The Hall–Kier alpha value is -1.52. The zero-order valence-electron chi connectivity index (χ0n) is 13.9. The second-order valence-corrected chi connectivity index (χ2v) is 7.25. The normalized spacial score (nSPS) is 38.3. The van der Waals surface area contributed by atoms with E-state index in [9.17, 15) is 5.11 Å². The highest BCUT2D eigenvalue weighted by Gasteiger charge is 2.53. The largest absolute Gasteiger partial charge is 0.454 e. The molecule has 1 aliphatic carbocycles. The van der Waals surface area contributed by atoms with Gasteiger partial charge in [-0.2, -0.15) is 0 Å². The fourth-order valence-corrected chi connectivity index (χ4v) is 4.68. The van der Waals surface area contributed by atoms with Gasteiger partial charge in [-0.1, -0.05) is 31.6 Å². The average Bonchev–Trinajstić information content (AvgIpc) is 3.00. The number of hydrogen-bond acceptors (Lipinski definition) is 4. The van der Waals surface area contributed by atoms with E-state index < -0.39 is 0 Å². The molecule has 4 heteroatoms. The predicted molar refractivity (Wildman–Crippen MR) is 86.4 cm³/mol. The number of allylic oxidation sites excluding steroid dienone is 1. The molecule has 124 valence electrons. The molecule has 23 heavy (non-hydrogen) atoms. The van der Waals surface area contributed by atoms with E-state index in [1.54, 1.807) is 0 Å². The average molecular weight is 316 g/mol. The summed E-state index contributed by atoms with van der Waals surface area (Å²) in [7, 11) is 0. The third kappa shape index (κ3) is 2.05. The summed E-state index contributed by atoms with van der Waals surface area (Å²) in [6.07, 6.45) is 2.33. The van der Waals surface area contributed by atoms with E-state index in [-0.39, 0.29) is 30.8 Å². The lowest BCUT2D eigenvalue weighted by Gasteiger charge is -2.55. The molecule has 0 radical (unpaired) electrons. The van der Waals surface area contributed by atoms with Crippen LogP contribution < -0.4 is 9.47 Å². The number of ether oxygens (including phenoxy) is 3. The number of rotatable bonds is 2. The Morgan fingerprint density at radius 1 is 1.22 bits per heavy atom. The van der Waals surface area contributed by atoms with Gasteiger partial charge in [0.25, 0.3) is 0 Å². The molecule has 2 aliphatic heterocycles. The first-order chi connectivity index (χ1) is 11.1. The molecule has 1 aromatic rings. The first-order valence-electron chi connectivity index (χ1n) is 8.37. The van der Waals surface area contributed by atoms with Crippen LogP contribution in [0.2, 0.25) is 0 Å². The van der Waals surface area contributed by atoms with Crippen LogP contribution in [-0.2, 0) is 4.74 Å². The highest BCUT2D eigenvalue weighted by Crippen LogP contribution is 2.56. The van der Waals surface area contributed by atoms with Gasteiger partial charge in [-0.25, -0.2) is 0 Å². The van der Waals surface area contributed by atoms with E-state index in [0.717, 1.165) is 17.1 Å². The molecule has 2 heterocycles. The lowest BCUT2D eigenvalue weighted by molar-refractivity contribution is -0.165. The molecule has 0 saturated carbocycles. The summed E-state index contributed by atoms with van der Waals surface area (Å²) in [5.41, 5.74) is 2.31. The number of benzene rings is 1. The molecule has 2 bridgehead atoms. The Kier molecular flexibility index (Phi) is 3.43. The van der Waals surface area contributed by atoms with E-state index in [4.69, 9.17) is 14.2 Å². The number of fused-ring (bicyclic) bond motifs is 3. The van der Waals surface area contributed by atoms with Crippen LogP contribution in [0.3, 0.4) is 0 Å². The Labute approximate surface area is 137 Å². The molecule has 3 aliphatic rings. The Bertz CT molecular complexity index is 653. The van der Waals surface area contributed by atoms with Gasteiger partial charge >= 0.3 is 0 Å². The smallest absolute Gasteiger partial charge is 0.231 e. The van der Waals surface area contributed by atoms with Crippen LogP contribution >= 0.6 is 0 Å². The third-order valence-electron chi connectivity index (χ3n) is 6.27. The highest BCUT2D eigenvalue weighted by atomic mass is 16.7. The molecule has 4 nitrogen and oxygen atoms in total. The Balaban J connectivity index is 1.73. The van der Waals surface area contributed by atoms with E-state index >= 15 is 0 Å². The van der Waals surface area contributed by atoms with Gasteiger partial charge in [-0.15, -0.1) is 0 Å². The maximum Gasteiger partial charge on any atom is 0.231 e. The van der Waals surface area contributed by atoms with Gasteiger partial charge in [0.15, 0.2) is 11.5 Å². The quantitative estimate of drug-likeness (QED) is 0.850. The summed E-state index contributed by atoms with van der Waals surface area (Å²) in [5.74, 6) is 2.58. The zero-order chi connectivity index (χ0) is 16.2. The van der Waals surface area contributed by atoms with Crippen LogP contribution in [0.4, 0.5) is 0 Å². The SMILES string of the molecule is CC1=C[C@@H](C)[C@@]2(CO)CO[C@H](c3ccc4c(c3)OCO4)[C@@H]1[C@H]2C. The minimum absolute atomic E-state index is 0.00271. The van der Waals surface area contributed by atoms with Gasteiger partial charge in [-0.3, -0.25) is 0 Å². The van der Waals surface area contributed by atoms with Crippen LogP contribution in [0.5, 0.6) is 11.5 Å². The van der Waals surface area contributed by atoms with Gasteiger partial charge < -0.3 is 19.3 Å². The van der Waals surface area contributed by atoms with Crippen molar-refractivity contribution >= 4 is 0 Å². The molecule has 1 saturated heterocycles. The van der Waals surface area contributed by atoms with Crippen molar-refractivity contribution in [3.8, 4) is 11.5 Å². The Morgan fingerprint density at radius 2 is 2.00 bits per heavy atom. The van der Waals surface area contributed by atoms with Crippen LogP contribution in [0.15, 0.2) is 29.8 Å². The van der Waals surface area contributed by atoms with Gasteiger partial charge in [0, 0.05) is 11.3 Å². The minimum Gasteiger partial charge on any atom is -0.454 e. The standard InChI is InChI=1S/C19H24O4/c1-11-6-12(2)19(8-20)9-21-18(17(11)13(19)3)14-4-5-15-16(7-14)23-10-22-15/h4-7,12-13,17-18,20H,8-10H2,1-3H3/t12-,13-,17+,18-,19-/m1/s1. The molecule has 0 unspecified atom stereocenters. The molecule has 1 N–H and O–H groups in total. The van der Waals surface area contributed by atoms with Crippen molar-refractivity contribution in [3.05, 3.63) is 35.4 Å². The highest BCUT2D eigenvalue weighted by molar-refractivity contribution is 5.45. The van der Waals surface area contributed by atoms with Crippen molar-refractivity contribution in [3.63, 3.8) is 0 Å². The molecule has 5 atom stereocenters. The fourth-order valence-electron chi connectivity index (χ4n) is 4.68. The molecular formula is C19H24O4. The number of aliphatic hydroxyl groups is 1. The van der Waals surface area contributed by atoms with Crippen molar-refractivity contribution in [1.82, 2.24) is 0 Å². The lowest BCUT2D eigenvalue weighted by Crippen LogP contribution is -2.53. The number of aliphatic hydroxyl groups excluding tert-OH is 1. The summed E-state index contributed by atoms with van der Waals surface area (Å²) in [6.45, 7) is 7.68. The van der Waals surface area contributed by atoms with Gasteiger partial charge in [-0.05, 0) is 36.5 Å². The molecule has 0 spiro atoms. The lowest BCUT2D eigenvalue weighted by atomic mass is 9.56. The Morgan fingerprint density at radius 3 is 2.78 bits per heavy atom. The van der Waals surface area contributed by atoms with Gasteiger partial charge in [0.2, 0.25) is 6.79 Å². The van der Waals surface area contributed by atoms with Crippen molar-refractivity contribution < 1.29 is 19.3 Å². The summed E-state index contributed by atoms with van der Waals surface area (Å²) < 4.78 is 17.2. The van der Waals surface area contributed by atoms with Gasteiger partial charge in [0.1, 0.15) is 0 Å². The monoisotopic (exact) mass is 316 g/mol. The van der Waals surface area contributed by atoms with E-state index in [0.29, 0.717) is 18.4 Å². The molecule has 0 amide bonds. The van der Waals surface area contributed by atoms with Crippen molar-refractivity contribution in [1.29, 1.82) is 0 Å². The van der Waals surface area contributed by atoms with Crippen molar-refractivity contribution in [2.45, 2.75) is 26.9 Å². The van der Waals surface area contributed by atoms with Crippen LogP contribution in [0, 0.1) is 23.2 Å². The summed E-state index contributed by atoms with van der Waals surface area (Å²) in [4.78, 5) is 0. The second kappa shape index (κ2) is 5.25. The summed E-state index contributed by atoms with van der Waals surface area (Å²) >= 11 is 0. The second-order valence-electron chi connectivity index (χ2n) is 7.25. The van der Waals surface area contributed by atoms with Crippen LogP contribution in [0.1, 0.15) is 32.4 Å². The fraction of sp³-hybridized carbons (Fsp3) is 0.579. The predicted octanol–water partition coefficient (Wildman–Crippen LogP) is 3.31. The van der Waals surface area contributed by atoms with Crippen LogP contribution in [-0.4, -0.2) is 25.1 Å². The zero-order valence-corrected chi connectivity index (χ0v) is 13.9. The van der Waals surface area contributed by atoms with E-state index in [2.05, 4.69) is 32.9 Å². The van der Waals surface area contributed by atoms with Crippen molar-refractivity contribution in [2.75, 3.05) is 20.0 Å². The molecule has 1 aromatic carbocycles. The molecule has 4 rings (SSSR count). The first kappa shape index (κ1) is 15.0. The third-order valence-corrected chi connectivity index (χ3v) is 6.27. The van der Waals surface area contributed by atoms with Gasteiger partial charge in [0.05, 0.1) is 19.3 Å². The molecular weight excluding hydrogens is 292 g/mol. The van der Waals surface area contributed by atoms with Crippen molar-refractivity contribution in [2.24, 2.45) is 23.2 Å². The van der Waals surface area contributed by atoms with E-state index in [1.165, 1.54) is 5.57 Å². The minimum atomic E-state index is -0.170. The summed E-state index contributed by atoms with van der Waals surface area (Å²) in [5, 5.41) is 10.1. The summed E-state index contributed by atoms with van der Waals surface area (Å²) in [6, 6.07) is 6.07. The first-order valence-corrected chi connectivity index (χ1v) is 8.37.